The van der Waals surface area contributed by atoms with Gasteiger partial charge in [0.1, 0.15) is 6.54 Å². The van der Waals surface area contributed by atoms with E-state index in [1.54, 1.807) is 19.1 Å². The molecule has 2 aromatic carbocycles. The molecule has 0 radical (unpaired) electrons. The Bertz CT molecular complexity index is 1070. The van der Waals surface area contributed by atoms with Gasteiger partial charge in [-0.2, -0.15) is 13.2 Å². The molecule has 3 amide bonds. The summed E-state index contributed by atoms with van der Waals surface area (Å²) in [7, 11) is 0. The van der Waals surface area contributed by atoms with Crippen molar-refractivity contribution in [2.75, 3.05) is 11.9 Å². The van der Waals surface area contributed by atoms with Crippen LogP contribution < -0.4 is 5.32 Å². The first-order valence-corrected chi connectivity index (χ1v) is 9.72. The monoisotopic (exact) mass is 454 g/mol. The number of amides is 3. The predicted octanol–water partition coefficient (Wildman–Crippen LogP) is 5.34. The largest absolute Gasteiger partial charge is 0.416 e. The number of aryl methyl sites for hydroxylation is 1. The van der Waals surface area contributed by atoms with Crippen molar-refractivity contribution in [3.63, 3.8) is 0 Å². The zero-order valence-electron chi connectivity index (χ0n) is 15.4. The minimum atomic E-state index is -4.53. The van der Waals surface area contributed by atoms with Crippen molar-refractivity contribution < 1.29 is 27.6 Å². The summed E-state index contributed by atoms with van der Waals surface area (Å²) in [6, 6.07) is 9.28. The van der Waals surface area contributed by atoms with Gasteiger partial charge in [-0.1, -0.05) is 29.8 Å². The molecule has 1 saturated heterocycles. The van der Waals surface area contributed by atoms with Gasteiger partial charge in [-0.15, -0.1) is 0 Å². The highest BCUT2D eigenvalue weighted by molar-refractivity contribution is 8.18. The van der Waals surface area contributed by atoms with Crippen LogP contribution in [0.4, 0.5) is 23.7 Å². The second-order valence-electron chi connectivity index (χ2n) is 6.40. The lowest BCUT2D eigenvalue weighted by Crippen LogP contribution is -2.36. The van der Waals surface area contributed by atoms with Gasteiger partial charge in [0.25, 0.3) is 11.1 Å². The number of rotatable bonds is 4. The molecule has 1 N–H and O–H groups in total. The van der Waals surface area contributed by atoms with Crippen LogP contribution in [0.2, 0.25) is 5.02 Å². The number of carbonyl (C=O) groups excluding carboxylic acids is 3. The second-order valence-corrected chi connectivity index (χ2v) is 7.83. The number of halogens is 4. The van der Waals surface area contributed by atoms with E-state index in [0.29, 0.717) is 22.5 Å². The van der Waals surface area contributed by atoms with Gasteiger partial charge in [0.15, 0.2) is 0 Å². The Kier molecular flexibility index (Phi) is 6.23. The van der Waals surface area contributed by atoms with Crippen molar-refractivity contribution in [2.45, 2.75) is 13.1 Å². The maximum atomic E-state index is 12.9. The van der Waals surface area contributed by atoms with E-state index in [9.17, 15) is 27.6 Å². The van der Waals surface area contributed by atoms with Crippen molar-refractivity contribution in [2.24, 2.45) is 0 Å². The highest BCUT2D eigenvalue weighted by atomic mass is 35.5. The SMILES string of the molecule is Cc1ccc(Cl)cc1NC(=O)CN1C(=O)S/C(=C/c2cccc(C(F)(F)F)c2)C1=O. The quantitative estimate of drug-likeness (QED) is 0.633. The third-order valence-electron chi connectivity index (χ3n) is 4.16. The summed E-state index contributed by atoms with van der Waals surface area (Å²) in [5.74, 6) is -1.36. The molecule has 5 nitrogen and oxygen atoms in total. The van der Waals surface area contributed by atoms with Crippen molar-refractivity contribution >= 4 is 52.2 Å². The van der Waals surface area contributed by atoms with E-state index in [1.165, 1.54) is 24.3 Å². The molecule has 1 aliphatic heterocycles. The van der Waals surface area contributed by atoms with Gasteiger partial charge in [0.05, 0.1) is 10.5 Å². The third-order valence-corrected chi connectivity index (χ3v) is 5.30. The molecule has 0 bridgehead atoms. The smallest absolute Gasteiger partial charge is 0.324 e. The predicted molar refractivity (Wildman–Crippen MR) is 109 cm³/mol. The fourth-order valence-electron chi connectivity index (χ4n) is 2.65. The summed E-state index contributed by atoms with van der Waals surface area (Å²) in [4.78, 5) is 37.6. The molecule has 1 aliphatic rings. The number of imide groups is 1. The zero-order chi connectivity index (χ0) is 22.1. The normalized spacial score (nSPS) is 15.8. The number of anilines is 1. The molecule has 0 aromatic heterocycles. The first-order chi connectivity index (χ1) is 14.0. The highest BCUT2D eigenvalue weighted by Crippen LogP contribution is 2.34. The Balaban J connectivity index is 1.74. The summed E-state index contributed by atoms with van der Waals surface area (Å²) >= 11 is 6.46. The minimum absolute atomic E-state index is 0.0638. The van der Waals surface area contributed by atoms with Crippen LogP contribution in [0.15, 0.2) is 47.4 Å². The maximum absolute atomic E-state index is 12.9. The molecule has 0 unspecified atom stereocenters. The van der Waals surface area contributed by atoms with Crippen molar-refractivity contribution in [3.8, 4) is 0 Å². The van der Waals surface area contributed by atoms with E-state index < -0.39 is 35.3 Å². The molecule has 2 aromatic rings. The average Bonchev–Trinajstić information content (AvgIpc) is 2.91. The van der Waals surface area contributed by atoms with Crippen molar-refractivity contribution in [3.05, 3.63) is 69.1 Å². The molecular weight excluding hydrogens is 441 g/mol. The summed E-state index contributed by atoms with van der Waals surface area (Å²) in [5.41, 5.74) is 0.436. The maximum Gasteiger partial charge on any atom is 0.416 e. The Morgan fingerprint density at radius 2 is 1.93 bits per heavy atom. The Morgan fingerprint density at radius 3 is 2.63 bits per heavy atom. The van der Waals surface area contributed by atoms with Crippen LogP contribution in [0.25, 0.3) is 6.08 Å². The van der Waals surface area contributed by atoms with Gasteiger partial charge >= 0.3 is 6.18 Å². The molecule has 0 saturated carbocycles. The average molecular weight is 455 g/mol. The molecule has 0 spiro atoms. The van der Waals surface area contributed by atoms with E-state index in [0.717, 1.165) is 22.6 Å². The lowest BCUT2D eigenvalue weighted by Gasteiger charge is -2.13. The van der Waals surface area contributed by atoms with E-state index in [-0.39, 0.29) is 10.5 Å². The minimum Gasteiger partial charge on any atom is -0.324 e. The van der Waals surface area contributed by atoms with Gasteiger partial charge in [-0.3, -0.25) is 19.3 Å². The second kappa shape index (κ2) is 8.53. The number of hydrogen-bond donors (Lipinski definition) is 1. The molecule has 0 atom stereocenters. The molecule has 3 rings (SSSR count). The van der Waals surface area contributed by atoms with Gasteiger partial charge in [-0.05, 0) is 60.2 Å². The zero-order valence-corrected chi connectivity index (χ0v) is 17.0. The molecule has 1 heterocycles. The molecular formula is C20H14ClF3N2O3S. The highest BCUT2D eigenvalue weighted by Gasteiger charge is 2.36. The summed E-state index contributed by atoms with van der Waals surface area (Å²) in [6.07, 6.45) is -3.33. The van der Waals surface area contributed by atoms with Gasteiger partial charge in [0, 0.05) is 10.7 Å². The number of thioether (sulfide) groups is 1. The fourth-order valence-corrected chi connectivity index (χ4v) is 3.67. The molecule has 0 aliphatic carbocycles. The summed E-state index contributed by atoms with van der Waals surface area (Å²) in [6.45, 7) is 1.22. The number of benzene rings is 2. The first-order valence-electron chi connectivity index (χ1n) is 8.53. The van der Waals surface area contributed by atoms with Crippen molar-refractivity contribution in [1.29, 1.82) is 0 Å². The van der Waals surface area contributed by atoms with Crippen LogP contribution in [-0.2, 0) is 15.8 Å². The standard InChI is InChI=1S/C20H14ClF3N2O3S/c1-11-5-6-14(21)9-15(11)25-17(27)10-26-18(28)16(30-19(26)29)8-12-3-2-4-13(7-12)20(22,23)24/h2-9H,10H2,1H3,(H,25,27)/b16-8+. The number of carbonyl (C=O) groups is 3. The van der Waals surface area contributed by atoms with Crippen LogP contribution in [0.1, 0.15) is 16.7 Å². The van der Waals surface area contributed by atoms with Crippen LogP contribution in [0, 0.1) is 6.92 Å². The van der Waals surface area contributed by atoms with E-state index in [1.807, 2.05) is 0 Å². The van der Waals surface area contributed by atoms with E-state index in [2.05, 4.69) is 5.32 Å². The molecule has 1 fully saturated rings. The molecule has 156 valence electrons. The van der Waals surface area contributed by atoms with Crippen LogP contribution in [0.5, 0.6) is 0 Å². The number of hydrogen-bond acceptors (Lipinski definition) is 4. The fraction of sp³-hybridized carbons (Fsp3) is 0.150. The Hall–Kier alpha value is -2.78. The summed E-state index contributed by atoms with van der Waals surface area (Å²) < 4.78 is 38.6. The number of nitrogens with zero attached hydrogens (tertiary/aromatic N) is 1. The van der Waals surface area contributed by atoms with E-state index >= 15 is 0 Å². The third kappa shape index (κ3) is 5.03. The van der Waals surface area contributed by atoms with Crippen LogP contribution in [0.3, 0.4) is 0 Å². The van der Waals surface area contributed by atoms with Gasteiger partial charge < -0.3 is 5.32 Å². The lowest BCUT2D eigenvalue weighted by molar-refractivity contribution is -0.137. The topological polar surface area (TPSA) is 66.5 Å². The lowest BCUT2D eigenvalue weighted by atomic mass is 10.1. The Morgan fingerprint density at radius 1 is 1.20 bits per heavy atom. The first kappa shape index (κ1) is 21.9. The number of alkyl halides is 3. The van der Waals surface area contributed by atoms with Gasteiger partial charge in [0.2, 0.25) is 5.91 Å². The summed E-state index contributed by atoms with van der Waals surface area (Å²) in [5, 5.41) is 2.31. The Labute approximate surface area is 178 Å². The van der Waals surface area contributed by atoms with E-state index in [4.69, 9.17) is 11.6 Å². The van der Waals surface area contributed by atoms with Crippen LogP contribution >= 0.6 is 23.4 Å². The molecule has 10 heteroatoms. The van der Waals surface area contributed by atoms with Crippen LogP contribution in [-0.4, -0.2) is 28.5 Å². The van der Waals surface area contributed by atoms with Gasteiger partial charge in [-0.25, -0.2) is 0 Å². The van der Waals surface area contributed by atoms with Crippen molar-refractivity contribution in [1.82, 2.24) is 4.90 Å². The number of nitrogens with one attached hydrogen (secondary N) is 1. The molecule has 30 heavy (non-hydrogen) atoms.